The van der Waals surface area contributed by atoms with E-state index in [9.17, 15) is 4.79 Å². The first-order valence-electron chi connectivity index (χ1n) is 6.41. The minimum absolute atomic E-state index is 0.0830. The van der Waals surface area contributed by atoms with Gasteiger partial charge in [0.15, 0.2) is 0 Å². The molecule has 106 valence electrons. The van der Waals surface area contributed by atoms with Crippen LogP contribution in [0.1, 0.15) is 11.1 Å². The minimum Gasteiger partial charge on any atom is -0.384 e. The predicted octanol–water partition coefficient (Wildman–Crippen LogP) is 2.97. The summed E-state index contributed by atoms with van der Waals surface area (Å²) in [5.74, 6) is 5.30. The van der Waals surface area contributed by atoms with Crippen LogP contribution in [0.25, 0.3) is 0 Å². The van der Waals surface area contributed by atoms with Crippen molar-refractivity contribution in [3.05, 3.63) is 64.1 Å². The summed E-state index contributed by atoms with van der Waals surface area (Å²) >= 11 is 3.39. The van der Waals surface area contributed by atoms with Gasteiger partial charge in [0, 0.05) is 15.7 Å². The van der Waals surface area contributed by atoms with E-state index in [2.05, 4.69) is 33.1 Å². The number of amides is 1. The van der Waals surface area contributed by atoms with Crippen molar-refractivity contribution in [2.24, 2.45) is 0 Å². The molecule has 0 aliphatic rings. The number of nitrogens with one attached hydrogen (secondary N) is 1. The maximum Gasteiger partial charge on any atom is 0.228 e. The van der Waals surface area contributed by atoms with Crippen LogP contribution in [0.5, 0.6) is 0 Å². The fraction of sp³-hybridized carbons (Fsp3) is 0.118. The van der Waals surface area contributed by atoms with E-state index >= 15 is 0 Å². The highest BCUT2D eigenvalue weighted by Gasteiger charge is 2.04. The Morgan fingerprint density at radius 3 is 2.76 bits per heavy atom. The zero-order valence-electron chi connectivity index (χ0n) is 11.3. The van der Waals surface area contributed by atoms with Crippen LogP contribution in [-0.4, -0.2) is 17.6 Å². The van der Waals surface area contributed by atoms with E-state index in [4.69, 9.17) is 5.11 Å². The van der Waals surface area contributed by atoms with Gasteiger partial charge in [-0.3, -0.25) is 4.79 Å². The molecule has 0 bridgehead atoms. The number of carbonyl (C=O) groups excluding carboxylic acids is 1. The van der Waals surface area contributed by atoms with Crippen molar-refractivity contribution in [2.75, 3.05) is 11.9 Å². The van der Waals surface area contributed by atoms with Crippen LogP contribution < -0.4 is 5.32 Å². The molecular formula is C17H14BrNO2. The molecule has 4 heteroatoms. The second-order valence-corrected chi connectivity index (χ2v) is 5.31. The first kappa shape index (κ1) is 15.3. The summed E-state index contributed by atoms with van der Waals surface area (Å²) in [6.45, 7) is -0.181. The highest BCUT2D eigenvalue weighted by atomic mass is 79.9. The van der Waals surface area contributed by atoms with Crippen molar-refractivity contribution in [1.29, 1.82) is 0 Å². The third kappa shape index (κ3) is 5.07. The molecule has 2 aromatic carbocycles. The van der Waals surface area contributed by atoms with E-state index in [1.165, 1.54) is 0 Å². The van der Waals surface area contributed by atoms with Crippen molar-refractivity contribution in [3.8, 4) is 11.8 Å². The van der Waals surface area contributed by atoms with Crippen molar-refractivity contribution in [2.45, 2.75) is 6.42 Å². The van der Waals surface area contributed by atoms with Gasteiger partial charge in [0.25, 0.3) is 0 Å². The number of hydrogen-bond acceptors (Lipinski definition) is 2. The molecule has 0 radical (unpaired) electrons. The minimum atomic E-state index is -0.181. The van der Waals surface area contributed by atoms with Crippen LogP contribution >= 0.6 is 15.9 Å². The number of aliphatic hydroxyl groups is 1. The summed E-state index contributed by atoms with van der Waals surface area (Å²) in [5.41, 5.74) is 2.39. The van der Waals surface area contributed by atoms with Crippen LogP contribution in [0.4, 0.5) is 5.69 Å². The first-order valence-corrected chi connectivity index (χ1v) is 7.21. The van der Waals surface area contributed by atoms with E-state index in [1.54, 1.807) is 6.07 Å². The average molecular weight is 344 g/mol. The second-order valence-electron chi connectivity index (χ2n) is 4.40. The fourth-order valence-electron chi connectivity index (χ4n) is 1.85. The molecule has 2 rings (SSSR count). The maximum atomic E-state index is 12.0. The molecule has 0 aliphatic carbocycles. The molecule has 3 nitrogen and oxygen atoms in total. The number of hydrogen-bond donors (Lipinski definition) is 2. The van der Waals surface area contributed by atoms with Crippen molar-refractivity contribution >= 4 is 27.5 Å². The summed E-state index contributed by atoms with van der Waals surface area (Å²) < 4.78 is 0.953. The highest BCUT2D eigenvalue weighted by Crippen LogP contribution is 2.14. The molecule has 0 unspecified atom stereocenters. The van der Waals surface area contributed by atoms with Gasteiger partial charge in [0.05, 0.1) is 6.42 Å². The van der Waals surface area contributed by atoms with Crippen molar-refractivity contribution in [1.82, 2.24) is 0 Å². The fourth-order valence-corrected chi connectivity index (χ4v) is 2.30. The van der Waals surface area contributed by atoms with Gasteiger partial charge in [-0.2, -0.15) is 0 Å². The Kier molecular flexibility index (Phi) is 5.56. The van der Waals surface area contributed by atoms with Crippen LogP contribution in [0.15, 0.2) is 53.0 Å². The summed E-state index contributed by atoms with van der Waals surface area (Å²) in [7, 11) is 0. The molecule has 0 aliphatic heterocycles. The summed E-state index contributed by atoms with van der Waals surface area (Å²) in [6, 6.07) is 14.9. The lowest BCUT2D eigenvalue weighted by Gasteiger charge is -2.06. The number of anilines is 1. The Morgan fingerprint density at radius 2 is 2.00 bits per heavy atom. The lowest BCUT2D eigenvalue weighted by molar-refractivity contribution is -0.115. The number of benzene rings is 2. The average Bonchev–Trinajstić information content (AvgIpc) is 2.45. The Hall–Kier alpha value is -2.09. The second kappa shape index (κ2) is 7.63. The molecule has 0 saturated heterocycles. The number of carbonyl (C=O) groups is 1. The summed E-state index contributed by atoms with van der Waals surface area (Å²) in [4.78, 5) is 12.0. The molecule has 0 fully saturated rings. The summed E-state index contributed by atoms with van der Waals surface area (Å²) in [5, 5.41) is 11.5. The van der Waals surface area contributed by atoms with Gasteiger partial charge < -0.3 is 10.4 Å². The van der Waals surface area contributed by atoms with Crippen molar-refractivity contribution < 1.29 is 9.90 Å². The third-order valence-corrected chi connectivity index (χ3v) is 3.21. The summed E-state index contributed by atoms with van der Waals surface area (Å²) in [6.07, 6.45) is 0.311. The molecule has 2 N–H and O–H groups in total. The van der Waals surface area contributed by atoms with Crippen LogP contribution in [0.2, 0.25) is 0 Å². The molecule has 1 amide bonds. The standard InChI is InChI=1S/C17H14BrNO2/c18-15-7-1-5-14(10-15)12-17(21)19-16-8-2-4-13(11-16)6-3-9-20/h1-2,4-5,7-8,10-11,20H,9,12H2,(H,19,21). The largest absolute Gasteiger partial charge is 0.384 e. The molecule has 21 heavy (non-hydrogen) atoms. The van der Waals surface area contributed by atoms with Crippen molar-refractivity contribution in [3.63, 3.8) is 0 Å². The first-order chi connectivity index (χ1) is 10.2. The van der Waals surface area contributed by atoms with Crippen LogP contribution in [0.3, 0.4) is 0 Å². The molecule has 2 aromatic rings. The van der Waals surface area contributed by atoms with Gasteiger partial charge in [-0.05, 0) is 35.9 Å². The molecule has 0 atom stereocenters. The normalized spacial score (nSPS) is 9.62. The molecule has 0 spiro atoms. The lowest BCUT2D eigenvalue weighted by atomic mass is 10.1. The molecular weight excluding hydrogens is 330 g/mol. The van der Waals surface area contributed by atoms with Gasteiger partial charge in [0.2, 0.25) is 5.91 Å². The number of rotatable bonds is 3. The number of aliphatic hydroxyl groups excluding tert-OH is 1. The van der Waals surface area contributed by atoms with E-state index in [1.807, 2.05) is 42.5 Å². The van der Waals surface area contributed by atoms with Gasteiger partial charge in [0.1, 0.15) is 6.61 Å². The third-order valence-electron chi connectivity index (χ3n) is 2.71. The Bertz CT molecular complexity index is 701. The quantitative estimate of drug-likeness (QED) is 0.841. The van der Waals surface area contributed by atoms with Gasteiger partial charge in [-0.1, -0.05) is 46.0 Å². The zero-order valence-corrected chi connectivity index (χ0v) is 12.9. The Labute approximate surface area is 132 Å². The van der Waals surface area contributed by atoms with Gasteiger partial charge in [-0.25, -0.2) is 0 Å². The van der Waals surface area contributed by atoms with Gasteiger partial charge in [-0.15, -0.1) is 0 Å². The van der Waals surface area contributed by atoms with E-state index in [0.29, 0.717) is 12.1 Å². The van der Waals surface area contributed by atoms with Crippen LogP contribution in [-0.2, 0) is 11.2 Å². The molecule has 0 saturated carbocycles. The van der Waals surface area contributed by atoms with E-state index < -0.39 is 0 Å². The highest BCUT2D eigenvalue weighted by molar-refractivity contribution is 9.10. The van der Waals surface area contributed by atoms with Gasteiger partial charge >= 0.3 is 0 Å². The topological polar surface area (TPSA) is 49.3 Å². The lowest BCUT2D eigenvalue weighted by Crippen LogP contribution is -2.14. The predicted molar refractivity (Wildman–Crippen MR) is 86.9 cm³/mol. The molecule has 0 aromatic heterocycles. The van der Waals surface area contributed by atoms with Crippen LogP contribution in [0, 0.1) is 11.8 Å². The zero-order chi connectivity index (χ0) is 15.1. The SMILES string of the molecule is O=C(Cc1cccc(Br)c1)Nc1cccc(C#CCO)c1. The molecule has 0 heterocycles. The Morgan fingerprint density at radius 1 is 1.19 bits per heavy atom. The van der Waals surface area contributed by atoms with E-state index in [-0.39, 0.29) is 12.5 Å². The van der Waals surface area contributed by atoms with E-state index in [0.717, 1.165) is 15.6 Å². The monoisotopic (exact) mass is 343 g/mol. The smallest absolute Gasteiger partial charge is 0.228 e. The maximum absolute atomic E-state index is 12.0. The number of halogens is 1. The Balaban J connectivity index is 2.02.